The first-order chi connectivity index (χ1) is 8.48. The monoisotopic (exact) mass is 362 g/mol. The molecule has 0 spiro atoms. The van der Waals surface area contributed by atoms with E-state index in [9.17, 15) is 4.79 Å². The van der Waals surface area contributed by atoms with Crippen molar-refractivity contribution >= 4 is 24.4 Å². The second-order valence-corrected chi connectivity index (χ2v) is 10.5. The SMILES string of the molecule is C[Si]1(C)C2=C(NC(=O)CO)[CH]([Ti+2])c3cccc1c32.[Cl-].[Cl-]. The molecular formula is C13H14Cl2NO2SiTi. The van der Waals surface area contributed by atoms with Gasteiger partial charge in [0.15, 0.2) is 0 Å². The number of halogens is 2. The van der Waals surface area contributed by atoms with Crippen molar-refractivity contribution in [3.05, 3.63) is 35.0 Å². The minimum atomic E-state index is -1.55. The van der Waals surface area contributed by atoms with E-state index in [0.717, 1.165) is 5.70 Å². The molecule has 20 heavy (non-hydrogen) atoms. The van der Waals surface area contributed by atoms with Crippen LogP contribution >= 0.6 is 0 Å². The van der Waals surface area contributed by atoms with Crippen LogP contribution in [0.1, 0.15) is 15.3 Å². The van der Waals surface area contributed by atoms with Gasteiger partial charge in [-0.3, -0.25) is 0 Å². The van der Waals surface area contributed by atoms with E-state index in [0.29, 0.717) is 0 Å². The van der Waals surface area contributed by atoms with Crippen LogP contribution in [-0.4, -0.2) is 25.7 Å². The Balaban J connectivity index is 0.000001000. The number of amides is 1. The van der Waals surface area contributed by atoms with Crippen LogP contribution in [0.4, 0.5) is 0 Å². The first-order valence-electron chi connectivity index (χ1n) is 5.98. The molecule has 1 atom stereocenters. The van der Waals surface area contributed by atoms with E-state index in [4.69, 9.17) is 5.11 Å². The summed E-state index contributed by atoms with van der Waals surface area (Å²) in [5.41, 5.74) is 3.72. The van der Waals surface area contributed by atoms with E-state index in [-0.39, 0.29) is 34.9 Å². The van der Waals surface area contributed by atoms with Crippen LogP contribution in [0.5, 0.6) is 0 Å². The molecule has 1 aliphatic heterocycles. The van der Waals surface area contributed by atoms with Crippen LogP contribution in [-0.2, 0) is 25.2 Å². The minimum absolute atomic E-state index is 0. The number of hydrogen-bond donors (Lipinski definition) is 2. The van der Waals surface area contributed by atoms with Crippen LogP contribution < -0.4 is 35.3 Å². The zero-order valence-electron chi connectivity index (χ0n) is 11.1. The summed E-state index contributed by atoms with van der Waals surface area (Å²) in [6, 6.07) is 6.48. The number of aliphatic hydroxyl groups is 1. The van der Waals surface area contributed by atoms with Crippen molar-refractivity contribution in [1.82, 2.24) is 5.32 Å². The Hall–Kier alpha value is -0.0988. The molecule has 0 bridgehead atoms. The first-order valence-corrected chi connectivity index (χ1v) is 9.89. The maximum atomic E-state index is 11.5. The Morgan fingerprint density at radius 2 is 2.05 bits per heavy atom. The standard InChI is InChI=1S/C13H14NO2Si.2ClH.Ti/c1-17(2)10-5-3-4-8-6-9(13(17)12(8)10)14-11(16)7-15;;;/h3-6,15H,7H2,1-2H3,(H,14,16);2*1H;/q;;;+2/p-2. The van der Waals surface area contributed by atoms with Crippen molar-refractivity contribution < 1.29 is 55.2 Å². The van der Waals surface area contributed by atoms with Crippen molar-refractivity contribution in [2.24, 2.45) is 0 Å². The van der Waals surface area contributed by atoms with Crippen molar-refractivity contribution in [3.8, 4) is 0 Å². The number of carbonyl (C=O) groups is 1. The molecule has 2 aliphatic rings. The Bertz CT molecular complexity index is 604. The van der Waals surface area contributed by atoms with Crippen molar-refractivity contribution in [2.45, 2.75) is 17.3 Å². The van der Waals surface area contributed by atoms with Gasteiger partial charge in [-0.2, -0.15) is 0 Å². The molecule has 1 amide bonds. The number of nitrogens with one attached hydrogen (secondary N) is 1. The van der Waals surface area contributed by atoms with Gasteiger partial charge in [-0.05, 0) is 0 Å². The molecule has 0 radical (unpaired) electrons. The van der Waals surface area contributed by atoms with Crippen LogP contribution in [0, 0.1) is 0 Å². The molecule has 3 rings (SSSR count). The van der Waals surface area contributed by atoms with Gasteiger partial charge >= 0.3 is 119 Å². The third-order valence-corrected chi connectivity index (χ3v) is 8.40. The predicted octanol–water partition coefficient (Wildman–Crippen LogP) is -5.42. The molecule has 0 fully saturated rings. The summed E-state index contributed by atoms with van der Waals surface area (Å²) in [7, 11) is -1.55. The predicted molar refractivity (Wildman–Crippen MR) is 68.4 cm³/mol. The number of benzene rings is 1. The second-order valence-electron chi connectivity index (χ2n) is 5.32. The second kappa shape index (κ2) is 5.95. The quantitative estimate of drug-likeness (QED) is 0.516. The van der Waals surface area contributed by atoms with Gasteiger partial charge in [0.25, 0.3) is 0 Å². The molecule has 0 saturated heterocycles. The average molecular weight is 363 g/mol. The van der Waals surface area contributed by atoms with Gasteiger partial charge in [-0.25, -0.2) is 0 Å². The molecule has 0 aromatic heterocycles. The number of hydrogen-bond acceptors (Lipinski definition) is 2. The number of allylic oxidation sites excluding steroid dienone is 1. The van der Waals surface area contributed by atoms with Gasteiger partial charge in [0.2, 0.25) is 0 Å². The van der Waals surface area contributed by atoms with Crippen LogP contribution in [0.15, 0.2) is 23.9 Å². The summed E-state index contributed by atoms with van der Waals surface area (Å²) in [6.07, 6.45) is 0. The molecular weight excluding hydrogens is 349 g/mol. The van der Waals surface area contributed by atoms with Crippen LogP contribution in [0.2, 0.25) is 13.1 Å². The van der Waals surface area contributed by atoms with Crippen molar-refractivity contribution in [3.63, 3.8) is 0 Å². The summed E-state index contributed by atoms with van der Waals surface area (Å²) in [4.78, 5) is 11.5. The average Bonchev–Trinajstić information content (AvgIpc) is 2.63. The normalized spacial score (nSPS) is 20.4. The van der Waals surface area contributed by atoms with E-state index < -0.39 is 14.7 Å². The molecule has 2 N–H and O–H groups in total. The fourth-order valence-corrected chi connectivity index (χ4v) is 7.30. The number of aliphatic hydroxyl groups excluding tert-OH is 1. The number of rotatable bonds is 2. The van der Waals surface area contributed by atoms with Gasteiger partial charge in [0, 0.05) is 0 Å². The largest absolute Gasteiger partial charge is 1.00 e. The third kappa shape index (κ3) is 2.23. The molecule has 1 heterocycles. The Kier molecular flexibility index (Phi) is 5.34. The Labute approximate surface area is 143 Å². The van der Waals surface area contributed by atoms with E-state index in [1.165, 1.54) is 21.5 Å². The molecule has 1 aromatic carbocycles. The van der Waals surface area contributed by atoms with Crippen molar-refractivity contribution in [1.29, 1.82) is 0 Å². The smallest absolute Gasteiger partial charge is 1.00 e. The van der Waals surface area contributed by atoms with E-state index in [2.05, 4.69) is 57.0 Å². The van der Waals surface area contributed by atoms with Crippen LogP contribution in [0.3, 0.4) is 0 Å². The Morgan fingerprint density at radius 1 is 1.40 bits per heavy atom. The van der Waals surface area contributed by atoms with Gasteiger partial charge in [0.1, 0.15) is 0 Å². The van der Waals surface area contributed by atoms with E-state index in [1.807, 2.05) is 0 Å². The topological polar surface area (TPSA) is 49.3 Å². The number of carbonyl (C=O) groups excluding carboxylic acids is 1. The maximum Gasteiger partial charge on any atom is -1.00 e. The molecule has 3 nitrogen and oxygen atoms in total. The first kappa shape index (κ1) is 18.0. The third-order valence-electron chi connectivity index (χ3n) is 3.93. The van der Waals surface area contributed by atoms with Gasteiger partial charge in [-0.1, -0.05) is 0 Å². The molecule has 0 saturated carbocycles. The molecule has 1 aliphatic carbocycles. The fraction of sp³-hybridized carbons (Fsp3) is 0.308. The van der Waals surface area contributed by atoms with Gasteiger partial charge in [0.05, 0.1) is 0 Å². The van der Waals surface area contributed by atoms with Gasteiger partial charge < -0.3 is 24.8 Å². The summed E-state index contributed by atoms with van der Waals surface area (Å²) in [5, 5.41) is 14.7. The van der Waals surface area contributed by atoms with Crippen molar-refractivity contribution in [2.75, 3.05) is 6.61 Å². The van der Waals surface area contributed by atoms with Gasteiger partial charge in [-0.15, -0.1) is 0 Å². The molecule has 1 unspecified atom stereocenters. The molecule has 7 heteroatoms. The van der Waals surface area contributed by atoms with E-state index in [1.54, 1.807) is 0 Å². The maximum absolute atomic E-state index is 11.5. The van der Waals surface area contributed by atoms with E-state index >= 15 is 0 Å². The summed E-state index contributed by atoms with van der Waals surface area (Å²) in [5.74, 6) is -0.310. The van der Waals surface area contributed by atoms with Crippen LogP contribution in [0.25, 0.3) is 5.20 Å². The minimum Gasteiger partial charge on any atom is -1.00 e. The summed E-state index contributed by atoms with van der Waals surface area (Å²) >= 11 is 2.12. The zero-order chi connectivity index (χ0) is 13.1. The fourth-order valence-electron chi connectivity index (χ4n) is 3.09. The summed E-state index contributed by atoms with van der Waals surface area (Å²) < 4.78 is 0.236. The molecule has 1 aromatic rings. The Morgan fingerprint density at radius 3 is 2.65 bits per heavy atom. The zero-order valence-corrected chi connectivity index (χ0v) is 15.2. The summed E-state index contributed by atoms with van der Waals surface area (Å²) in [6.45, 7) is 4.18. The molecule has 105 valence electrons.